The van der Waals surface area contributed by atoms with Crippen molar-refractivity contribution in [2.75, 3.05) is 5.32 Å². The van der Waals surface area contributed by atoms with Crippen molar-refractivity contribution in [3.63, 3.8) is 0 Å². The molecular weight excluding hydrogens is 509 g/mol. The van der Waals surface area contributed by atoms with Gasteiger partial charge in [-0.25, -0.2) is 0 Å². The maximum Gasteiger partial charge on any atom is 0.260 e. The standard InChI is InChI=1S/C33H25ClNO2P/c34-26-21-23-27(24-22-26)35-33(37)32(31(36)25-13-5-1-6-14-25)38(28-15-7-2-8-16-28,29-17-9-3-10-18-29)30-19-11-4-12-20-30/h1-24H,(H,35,37). The lowest BCUT2D eigenvalue weighted by molar-refractivity contribution is -0.110. The highest BCUT2D eigenvalue weighted by Crippen LogP contribution is 2.47. The SMILES string of the molecule is O=C(Nc1ccc(Cl)cc1)C(C(=O)c1ccccc1)=P(c1ccccc1)(c1ccccc1)c1ccccc1. The van der Waals surface area contributed by atoms with Crippen LogP contribution >= 0.6 is 18.5 Å². The van der Waals surface area contributed by atoms with Gasteiger partial charge in [-0.05, 0) is 47.1 Å². The van der Waals surface area contributed by atoms with Gasteiger partial charge in [0.05, 0.1) is 5.29 Å². The molecule has 0 saturated carbocycles. The van der Waals surface area contributed by atoms with Crippen molar-refractivity contribution in [2.45, 2.75) is 0 Å². The average molecular weight is 534 g/mol. The number of nitrogens with one attached hydrogen (secondary N) is 1. The van der Waals surface area contributed by atoms with E-state index >= 15 is 0 Å². The maximum atomic E-state index is 14.5. The minimum Gasteiger partial charge on any atom is -0.322 e. The van der Waals surface area contributed by atoms with Gasteiger partial charge in [-0.1, -0.05) is 133 Å². The number of amides is 1. The normalized spacial score (nSPS) is 11.0. The molecule has 0 aliphatic heterocycles. The second-order valence-corrected chi connectivity index (χ2v) is 12.5. The molecule has 0 unspecified atom stereocenters. The fraction of sp³-hybridized carbons (Fsp3) is 0. The van der Waals surface area contributed by atoms with Gasteiger partial charge < -0.3 is 5.32 Å². The third-order valence-electron chi connectivity index (χ3n) is 6.33. The molecule has 0 heterocycles. The van der Waals surface area contributed by atoms with Gasteiger partial charge in [0.1, 0.15) is 0 Å². The lowest BCUT2D eigenvalue weighted by Crippen LogP contribution is -2.40. The van der Waals surface area contributed by atoms with E-state index in [2.05, 4.69) is 5.32 Å². The summed E-state index contributed by atoms with van der Waals surface area (Å²) in [4.78, 5) is 28.9. The summed E-state index contributed by atoms with van der Waals surface area (Å²) in [6.07, 6.45) is 0. The summed E-state index contributed by atoms with van der Waals surface area (Å²) in [6.45, 7) is -2.96. The molecule has 5 heteroatoms. The number of rotatable bonds is 7. The molecule has 5 aromatic rings. The molecule has 0 saturated heterocycles. The van der Waals surface area contributed by atoms with Gasteiger partial charge >= 0.3 is 0 Å². The molecule has 0 aliphatic carbocycles. The Kier molecular flexibility index (Phi) is 7.70. The molecule has 5 rings (SSSR count). The number of hydrogen-bond donors (Lipinski definition) is 1. The molecule has 1 amide bonds. The Morgan fingerprint density at radius 1 is 0.526 bits per heavy atom. The predicted octanol–water partition coefficient (Wildman–Crippen LogP) is 6.33. The van der Waals surface area contributed by atoms with Gasteiger partial charge in [-0.2, -0.15) is 0 Å². The molecule has 38 heavy (non-hydrogen) atoms. The highest BCUT2D eigenvalue weighted by molar-refractivity contribution is 7.97. The molecule has 0 atom stereocenters. The third-order valence-corrected chi connectivity index (χ3v) is 10.9. The molecule has 0 spiro atoms. The number of anilines is 1. The Morgan fingerprint density at radius 3 is 1.34 bits per heavy atom. The second kappa shape index (κ2) is 11.5. The van der Waals surface area contributed by atoms with E-state index < -0.39 is 12.8 Å². The number of Topliss-reactive ketones (excluding diaryl/α,β-unsaturated/α-hetero) is 1. The van der Waals surface area contributed by atoms with Gasteiger partial charge in [0, 0.05) is 16.3 Å². The largest absolute Gasteiger partial charge is 0.322 e. The Hall–Kier alpha value is -4.17. The Balaban J connectivity index is 1.93. The first kappa shape index (κ1) is 25.5. The molecular formula is C33H25ClNO2P. The quantitative estimate of drug-likeness (QED) is 0.151. The van der Waals surface area contributed by atoms with Crippen LogP contribution in [0.4, 0.5) is 5.69 Å². The molecule has 0 bridgehead atoms. The van der Waals surface area contributed by atoms with Crippen molar-refractivity contribution in [3.8, 4) is 0 Å². The summed E-state index contributed by atoms with van der Waals surface area (Å²) in [7, 11) is 0. The first-order valence-corrected chi connectivity index (χ1v) is 14.4. The maximum absolute atomic E-state index is 14.5. The first-order valence-electron chi connectivity index (χ1n) is 12.2. The Bertz CT molecular complexity index is 1500. The van der Waals surface area contributed by atoms with Gasteiger partial charge in [-0.3, -0.25) is 9.59 Å². The van der Waals surface area contributed by atoms with Crippen LogP contribution in [-0.4, -0.2) is 17.0 Å². The fourth-order valence-corrected chi connectivity index (χ4v) is 9.09. The van der Waals surface area contributed by atoms with Crippen LogP contribution < -0.4 is 21.2 Å². The summed E-state index contributed by atoms with van der Waals surface area (Å²) in [5, 5.41) is 6.54. The Morgan fingerprint density at radius 2 is 0.921 bits per heavy atom. The topological polar surface area (TPSA) is 46.2 Å². The second-order valence-electron chi connectivity index (χ2n) is 8.68. The van der Waals surface area contributed by atoms with Crippen molar-refractivity contribution < 1.29 is 9.59 Å². The van der Waals surface area contributed by atoms with E-state index in [1.165, 1.54) is 0 Å². The lowest BCUT2D eigenvalue weighted by atomic mass is 10.1. The van der Waals surface area contributed by atoms with Crippen LogP contribution in [0.1, 0.15) is 10.4 Å². The molecule has 3 nitrogen and oxygen atoms in total. The van der Waals surface area contributed by atoms with Gasteiger partial charge in [0.15, 0.2) is 5.78 Å². The van der Waals surface area contributed by atoms with Crippen molar-refractivity contribution in [2.24, 2.45) is 0 Å². The van der Waals surface area contributed by atoms with E-state index in [9.17, 15) is 9.59 Å². The van der Waals surface area contributed by atoms with Crippen molar-refractivity contribution >= 4 is 57.1 Å². The number of hydrogen-bond acceptors (Lipinski definition) is 2. The van der Waals surface area contributed by atoms with Crippen LogP contribution in [0.5, 0.6) is 0 Å². The van der Waals surface area contributed by atoms with Gasteiger partial charge in [0.25, 0.3) is 5.91 Å². The molecule has 0 radical (unpaired) electrons. The van der Waals surface area contributed by atoms with Crippen LogP contribution in [0.25, 0.3) is 0 Å². The highest BCUT2D eigenvalue weighted by atomic mass is 35.5. The van der Waals surface area contributed by atoms with E-state index in [4.69, 9.17) is 11.6 Å². The zero-order valence-corrected chi connectivity index (χ0v) is 22.1. The van der Waals surface area contributed by atoms with Crippen LogP contribution in [-0.2, 0) is 4.79 Å². The van der Waals surface area contributed by atoms with Gasteiger partial charge in [-0.15, -0.1) is 0 Å². The number of ketones is 1. The molecule has 0 fully saturated rings. The van der Waals surface area contributed by atoms with Crippen LogP contribution in [0.2, 0.25) is 5.02 Å². The molecule has 1 N–H and O–H groups in total. The minimum atomic E-state index is -2.96. The van der Waals surface area contributed by atoms with Crippen LogP contribution in [0.3, 0.4) is 0 Å². The van der Waals surface area contributed by atoms with Crippen molar-refractivity contribution in [3.05, 3.63) is 156 Å². The number of carbonyl (C=O) groups is 2. The summed E-state index contributed by atoms with van der Waals surface area (Å²) in [6, 6.07) is 45.6. The summed E-state index contributed by atoms with van der Waals surface area (Å²) in [5.41, 5.74) is 1.02. The average Bonchev–Trinajstić information content (AvgIpc) is 2.98. The number of halogens is 1. The molecule has 5 aromatic carbocycles. The Labute approximate surface area is 227 Å². The highest BCUT2D eigenvalue weighted by Gasteiger charge is 2.37. The zero-order valence-electron chi connectivity index (χ0n) is 20.5. The molecule has 0 aromatic heterocycles. The van der Waals surface area contributed by atoms with E-state index in [1.807, 2.05) is 109 Å². The van der Waals surface area contributed by atoms with Gasteiger partial charge in [0.2, 0.25) is 0 Å². The summed E-state index contributed by atoms with van der Waals surface area (Å²) in [5.74, 6) is -0.743. The lowest BCUT2D eigenvalue weighted by Gasteiger charge is -2.32. The van der Waals surface area contributed by atoms with Crippen LogP contribution in [0.15, 0.2) is 146 Å². The van der Waals surface area contributed by atoms with Crippen molar-refractivity contribution in [1.82, 2.24) is 0 Å². The minimum absolute atomic E-state index is 0.210. The van der Waals surface area contributed by atoms with E-state index in [0.29, 0.717) is 16.3 Å². The number of carbonyl (C=O) groups excluding carboxylic acids is 2. The molecule has 0 aliphatic rings. The smallest absolute Gasteiger partial charge is 0.260 e. The number of benzene rings is 5. The van der Waals surface area contributed by atoms with Crippen LogP contribution in [0, 0.1) is 0 Å². The monoisotopic (exact) mass is 533 g/mol. The van der Waals surface area contributed by atoms with Crippen molar-refractivity contribution in [1.29, 1.82) is 0 Å². The van der Waals surface area contributed by atoms with E-state index in [0.717, 1.165) is 15.9 Å². The zero-order chi connectivity index (χ0) is 26.4. The predicted molar refractivity (Wildman–Crippen MR) is 161 cm³/mol. The first-order chi connectivity index (χ1) is 18.6. The third kappa shape index (κ3) is 4.99. The molecule has 186 valence electrons. The summed E-state index contributed by atoms with van der Waals surface area (Å²) >= 11 is 6.09. The van der Waals surface area contributed by atoms with E-state index in [1.54, 1.807) is 36.4 Å². The summed E-state index contributed by atoms with van der Waals surface area (Å²) < 4.78 is 0. The fourth-order valence-electron chi connectivity index (χ4n) is 4.65. The van der Waals surface area contributed by atoms with E-state index in [-0.39, 0.29) is 11.1 Å².